The Bertz CT molecular complexity index is 737. The largest absolute Gasteiger partial charge is 0.438 e. The number of ether oxygens (including phenoxy) is 3. The first-order valence-corrected chi connectivity index (χ1v) is 13.0. The lowest BCUT2D eigenvalue weighted by Gasteiger charge is -2.49. The molecular formula is C26H38O4. The molecule has 4 heteroatoms. The van der Waals surface area contributed by atoms with Crippen LogP contribution in [0.15, 0.2) is 0 Å². The number of fused-ring (bicyclic) bond motifs is 19. The molecule has 4 nitrogen and oxygen atoms in total. The highest BCUT2D eigenvalue weighted by Crippen LogP contribution is 2.79. The van der Waals surface area contributed by atoms with E-state index in [9.17, 15) is 4.79 Å². The zero-order chi connectivity index (χ0) is 20.3. The van der Waals surface area contributed by atoms with Crippen LogP contribution in [0, 0.1) is 76.9 Å². The molecule has 6 saturated carbocycles. The summed E-state index contributed by atoms with van der Waals surface area (Å²) in [4.78, 5) is 12.7. The molecule has 0 N–H and O–H groups in total. The van der Waals surface area contributed by atoms with E-state index < -0.39 is 0 Å². The predicted molar refractivity (Wildman–Crippen MR) is 111 cm³/mol. The van der Waals surface area contributed by atoms with Crippen LogP contribution in [0.3, 0.4) is 0 Å². The van der Waals surface area contributed by atoms with Gasteiger partial charge in [-0.25, -0.2) is 0 Å². The van der Waals surface area contributed by atoms with Crippen molar-refractivity contribution in [1.82, 2.24) is 0 Å². The van der Waals surface area contributed by atoms with Gasteiger partial charge in [0.15, 0.2) is 6.79 Å². The fraction of sp³-hybridized carbons (Fsp3) is 0.962. The molecule has 0 aromatic rings. The summed E-state index contributed by atoms with van der Waals surface area (Å²) < 4.78 is 17.1. The van der Waals surface area contributed by atoms with Gasteiger partial charge in [-0.05, 0) is 110 Å². The highest BCUT2D eigenvalue weighted by atomic mass is 16.7. The highest BCUT2D eigenvalue weighted by Gasteiger charge is 2.76. The molecule has 6 aliphatic carbocycles. The minimum absolute atomic E-state index is 0.0242. The van der Waals surface area contributed by atoms with Gasteiger partial charge in [0.25, 0.3) is 0 Å². The second kappa shape index (κ2) is 6.47. The maximum Gasteiger partial charge on any atom is 0.311 e. The first kappa shape index (κ1) is 18.9. The van der Waals surface area contributed by atoms with Crippen LogP contribution >= 0.6 is 0 Å². The van der Waals surface area contributed by atoms with Crippen molar-refractivity contribution in [3.05, 3.63) is 0 Å². The van der Waals surface area contributed by atoms with Crippen molar-refractivity contribution >= 4 is 5.97 Å². The van der Waals surface area contributed by atoms with Gasteiger partial charge in [0.05, 0.1) is 18.1 Å². The predicted octanol–water partition coefficient (Wildman–Crippen LogP) is 4.37. The summed E-state index contributed by atoms with van der Waals surface area (Å²) in [5.74, 6) is 10.7. The van der Waals surface area contributed by atoms with Crippen LogP contribution in [0.25, 0.3) is 0 Å². The van der Waals surface area contributed by atoms with E-state index in [1.54, 1.807) is 7.11 Å². The van der Waals surface area contributed by atoms with Crippen molar-refractivity contribution in [3.8, 4) is 0 Å². The molecular weight excluding hydrogens is 376 g/mol. The first-order chi connectivity index (χ1) is 14.7. The molecule has 7 rings (SSSR count). The molecule has 0 radical (unpaired) electrons. The molecule has 30 heavy (non-hydrogen) atoms. The van der Waals surface area contributed by atoms with Gasteiger partial charge >= 0.3 is 5.97 Å². The second-order valence-electron chi connectivity index (χ2n) is 12.0. The third-order valence-electron chi connectivity index (χ3n) is 11.7. The van der Waals surface area contributed by atoms with E-state index in [0.29, 0.717) is 18.1 Å². The van der Waals surface area contributed by atoms with Crippen molar-refractivity contribution in [1.29, 1.82) is 0 Å². The zero-order valence-corrected chi connectivity index (χ0v) is 18.7. The van der Waals surface area contributed by atoms with Crippen LogP contribution in [0.5, 0.6) is 0 Å². The summed E-state index contributed by atoms with van der Waals surface area (Å²) in [5, 5.41) is 0. The van der Waals surface area contributed by atoms with Crippen molar-refractivity contribution in [3.63, 3.8) is 0 Å². The van der Waals surface area contributed by atoms with Crippen LogP contribution in [-0.2, 0) is 19.0 Å². The lowest BCUT2D eigenvalue weighted by molar-refractivity contribution is -0.163. The summed E-state index contributed by atoms with van der Waals surface area (Å²) in [5.41, 5.74) is 0. The molecule has 0 aromatic carbocycles. The lowest BCUT2D eigenvalue weighted by atomic mass is 9.55. The molecule has 0 amide bonds. The molecule has 0 spiro atoms. The third-order valence-corrected chi connectivity index (χ3v) is 11.7. The van der Waals surface area contributed by atoms with Gasteiger partial charge in [-0.3, -0.25) is 4.79 Å². The van der Waals surface area contributed by atoms with E-state index in [2.05, 4.69) is 13.8 Å². The van der Waals surface area contributed by atoms with Crippen LogP contribution in [0.2, 0.25) is 0 Å². The average Bonchev–Trinajstić information content (AvgIpc) is 3.58. The molecule has 15 atom stereocenters. The first-order valence-electron chi connectivity index (χ1n) is 13.0. The van der Waals surface area contributed by atoms with Crippen molar-refractivity contribution in [2.45, 2.75) is 64.6 Å². The topological polar surface area (TPSA) is 44.8 Å². The molecule has 166 valence electrons. The van der Waals surface area contributed by atoms with E-state index in [1.807, 2.05) is 0 Å². The van der Waals surface area contributed by atoms with Gasteiger partial charge in [0, 0.05) is 7.11 Å². The van der Waals surface area contributed by atoms with E-state index in [-0.39, 0.29) is 18.7 Å². The Hall–Kier alpha value is -0.610. The number of esters is 1. The summed E-state index contributed by atoms with van der Waals surface area (Å²) in [7, 11) is 1.60. The molecule has 1 heterocycles. The smallest absolute Gasteiger partial charge is 0.311 e. The minimum atomic E-state index is 0.0242. The Labute approximate surface area is 180 Å². The fourth-order valence-electron chi connectivity index (χ4n) is 11.6. The molecule has 0 aromatic heterocycles. The van der Waals surface area contributed by atoms with Gasteiger partial charge in [0.1, 0.15) is 0 Å². The maximum atomic E-state index is 12.7. The standard InChI is InChI=1S/C26H38O4/c1-4-18-24-16-9-17(25(24)19(5-2)30-18)23-15-8-14(22(16)23)20-11-6-12(21(15)20)13(7-11)26(27)29-10-28-3/h11-25H,4-10H2,1-3H3. The molecule has 7 aliphatic rings. The Morgan fingerprint density at radius 2 is 1.33 bits per heavy atom. The molecule has 15 unspecified atom stereocenters. The van der Waals surface area contributed by atoms with Crippen LogP contribution < -0.4 is 0 Å². The number of carbonyl (C=O) groups excluding carboxylic acids is 1. The lowest BCUT2D eigenvalue weighted by Crippen LogP contribution is -2.48. The van der Waals surface area contributed by atoms with Crippen LogP contribution in [0.1, 0.15) is 52.4 Å². The summed E-state index contributed by atoms with van der Waals surface area (Å²) in [6.07, 6.45) is 8.82. The zero-order valence-electron chi connectivity index (χ0n) is 18.7. The van der Waals surface area contributed by atoms with Crippen LogP contribution in [0.4, 0.5) is 0 Å². The monoisotopic (exact) mass is 414 g/mol. The quantitative estimate of drug-likeness (QED) is 0.381. The number of methoxy groups -OCH3 is 1. The van der Waals surface area contributed by atoms with Crippen molar-refractivity contribution in [2.24, 2.45) is 76.9 Å². The normalized spacial score (nSPS) is 60.8. The van der Waals surface area contributed by atoms with E-state index in [0.717, 1.165) is 71.5 Å². The van der Waals surface area contributed by atoms with E-state index in [1.165, 1.54) is 32.1 Å². The molecule has 6 bridgehead atoms. The van der Waals surface area contributed by atoms with E-state index >= 15 is 0 Å². The maximum absolute atomic E-state index is 12.7. The Kier molecular flexibility index (Phi) is 4.08. The van der Waals surface area contributed by atoms with Gasteiger partial charge in [-0.1, -0.05) is 13.8 Å². The SMILES string of the molecule is CCC1OC(CC)C2C3CC(C12)C1C2CC(C4C5CC(CC5C(=O)OCOC)C24)C31. The number of rotatable bonds is 5. The molecule has 1 saturated heterocycles. The second-order valence-corrected chi connectivity index (χ2v) is 12.0. The molecule has 7 fully saturated rings. The van der Waals surface area contributed by atoms with Crippen molar-refractivity contribution in [2.75, 3.05) is 13.9 Å². The minimum Gasteiger partial charge on any atom is -0.438 e. The Balaban J connectivity index is 1.17. The fourth-order valence-corrected chi connectivity index (χ4v) is 11.6. The van der Waals surface area contributed by atoms with E-state index in [4.69, 9.17) is 14.2 Å². The summed E-state index contributed by atoms with van der Waals surface area (Å²) in [6.45, 7) is 4.80. The van der Waals surface area contributed by atoms with Gasteiger partial charge < -0.3 is 14.2 Å². The van der Waals surface area contributed by atoms with Gasteiger partial charge in [0.2, 0.25) is 0 Å². The van der Waals surface area contributed by atoms with Gasteiger partial charge in [-0.15, -0.1) is 0 Å². The highest BCUT2D eigenvalue weighted by molar-refractivity contribution is 5.73. The number of hydrogen-bond acceptors (Lipinski definition) is 4. The number of carbonyl (C=O) groups is 1. The van der Waals surface area contributed by atoms with Gasteiger partial charge in [-0.2, -0.15) is 0 Å². The van der Waals surface area contributed by atoms with Crippen molar-refractivity contribution < 1.29 is 19.0 Å². The average molecular weight is 415 g/mol. The third kappa shape index (κ3) is 2.10. The summed E-state index contributed by atoms with van der Waals surface area (Å²) >= 11 is 0. The summed E-state index contributed by atoms with van der Waals surface area (Å²) in [6, 6.07) is 0. The Morgan fingerprint density at radius 3 is 1.93 bits per heavy atom. The number of hydrogen-bond donors (Lipinski definition) is 0. The molecule has 1 aliphatic heterocycles. The van der Waals surface area contributed by atoms with Crippen LogP contribution in [-0.4, -0.2) is 32.1 Å². The Morgan fingerprint density at radius 1 is 0.767 bits per heavy atom.